The molecular formula is C21H18N2O4S. The maximum Gasteiger partial charge on any atom is 0.316 e. The third-order valence-corrected chi connectivity index (χ3v) is 4.78. The molecule has 1 N–H and O–H groups in total. The first-order valence-electron chi connectivity index (χ1n) is 8.57. The number of nitrogens with one attached hydrogen (secondary N) is 1. The van der Waals surface area contributed by atoms with E-state index in [0.717, 1.165) is 16.5 Å². The molecule has 2 amide bonds. The number of para-hydroxylation sites is 1. The van der Waals surface area contributed by atoms with Crippen LogP contribution in [0.5, 0.6) is 0 Å². The van der Waals surface area contributed by atoms with Gasteiger partial charge in [-0.2, -0.15) is 0 Å². The summed E-state index contributed by atoms with van der Waals surface area (Å²) in [5, 5.41) is 3.95. The lowest BCUT2D eigenvalue weighted by molar-refractivity contribution is -0.145. The van der Waals surface area contributed by atoms with Crippen molar-refractivity contribution >= 4 is 40.4 Å². The predicted octanol–water partition coefficient (Wildman–Crippen LogP) is 3.14. The molecule has 7 heteroatoms. The molecule has 3 aromatic rings. The third kappa shape index (κ3) is 5.17. The van der Waals surface area contributed by atoms with Crippen LogP contribution < -0.4 is 5.32 Å². The summed E-state index contributed by atoms with van der Waals surface area (Å²) >= 11 is 1.24. The molecule has 2 aromatic carbocycles. The number of fused-ring (bicyclic) bond motifs is 1. The summed E-state index contributed by atoms with van der Waals surface area (Å²) in [6, 6.07) is 18.0. The number of carbonyl (C=O) groups is 3. The molecule has 0 radical (unpaired) electrons. The summed E-state index contributed by atoms with van der Waals surface area (Å²) in [4.78, 5) is 40.0. The van der Waals surface area contributed by atoms with Gasteiger partial charge in [-0.1, -0.05) is 48.2 Å². The van der Waals surface area contributed by atoms with Gasteiger partial charge in [0, 0.05) is 10.9 Å². The van der Waals surface area contributed by atoms with Gasteiger partial charge in [0.1, 0.15) is 0 Å². The van der Waals surface area contributed by atoms with Crippen LogP contribution in [0.2, 0.25) is 0 Å². The average Bonchev–Trinajstić information content (AvgIpc) is 2.71. The zero-order valence-corrected chi connectivity index (χ0v) is 16.0. The molecule has 0 aliphatic heterocycles. The van der Waals surface area contributed by atoms with Crippen molar-refractivity contribution in [1.29, 1.82) is 0 Å². The lowest BCUT2D eigenvalue weighted by atomic mass is 10.1. The molecule has 0 spiro atoms. The number of hydrogen-bond donors (Lipinski definition) is 1. The molecule has 28 heavy (non-hydrogen) atoms. The SMILES string of the molecule is Cc1cc(SCC(=O)OCC(=O)NC(=O)c2ccccc2)nc2ccccc12. The van der Waals surface area contributed by atoms with Crippen LogP contribution in [0.25, 0.3) is 10.9 Å². The molecule has 0 fully saturated rings. The van der Waals surface area contributed by atoms with E-state index in [1.54, 1.807) is 30.3 Å². The van der Waals surface area contributed by atoms with Crippen LogP contribution in [0, 0.1) is 6.92 Å². The van der Waals surface area contributed by atoms with Gasteiger partial charge in [0.15, 0.2) is 6.61 Å². The van der Waals surface area contributed by atoms with Crippen molar-refractivity contribution in [1.82, 2.24) is 10.3 Å². The zero-order valence-electron chi connectivity index (χ0n) is 15.2. The summed E-state index contributed by atoms with van der Waals surface area (Å²) in [6.07, 6.45) is 0. The van der Waals surface area contributed by atoms with E-state index >= 15 is 0 Å². The van der Waals surface area contributed by atoms with Gasteiger partial charge in [-0.15, -0.1) is 0 Å². The topological polar surface area (TPSA) is 85.4 Å². The van der Waals surface area contributed by atoms with Crippen LogP contribution in [-0.2, 0) is 14.3 Å². The second-order valence-electron chi connectivity index (χ2n) is 5.99. The maximum atomic E-state index is 11.9. The predicted molar refractivity (Wildman–Crippen MR) is 107 cm³/mol. The smallest absolute Gasteiger partial charge is 0.316 e. The van der Waals surface area contributed by atoms with E-state index in [-0.39, 0.29) is 5.75 Å². The molecule has 1 heterocycles. The number of rotatable bonds is 6. The minimum atomic E-state index is -0.674. The molecule has 6 nitrogen and oxygen atoms in total. The molecule has 0 bridgehead atoms. The number of pyridine rings is 1. The Hall–Kier alpha value is -3.19. The number of carbonyl (C=O) groups excluding carboxylic acids is 3. The van der Waals surface area contributed by atoms with Crippen molar-refractivity contribution in [2.75, 3.05) is 12.4 Å². The van der Waals surface area contributed by atoms with Crippen LogP contribution in [-0.4, -0.2) is 35.1 Å². The molecule has 0 aliphatic rings. The highest BCUT2D eigenvalue weighted by atomic mass is 32.2. The minimum absolute atomic E-state index is 0.0185. The first-order chi connectivity index (χ1) is 13.5. The van der Waals surface area contributed by atoms with E-state index < -0.39 is 24.4 Å². The quantitative estimate of drug-likeness (QED) is 0.511. The number of esters is 1. The largest absolute Gasteiger partial charge is 0.455 e. The minimum Gasteiger partial charge on any atom is -0.455 e. The van der Waals surface area contributed by atoms with E-state index in [2.05, 4.69) is 10.3 Å². The van der Waals surface area contributed by atoms with E-state index in [4.69, 9.17) is 4.74 Å². The molecule has 1 aromatic heterocycles. The summed E-state index contributed by atoms with van der Waals surface area (Å²) in [5.41, 5.74) is 2.29. The molecule has 0 atom stereocenters. The second-order valence-corrected chi connectivity index (χ2v) is 6.98. The van der Waals surface area contributed by atoms with Gasteiger partial charge in [-0.25, -0.2) is 4.98 Å². The Morgan fingerprint density at radius 3 is 2.54 bits per heavy atom. The molecular weight excluding hydrogens is 376 g/mol. The fourth-order valence-electron chi connectivity index (χ4n) is 2.54. The highest BCUT2D eigenvalue weighted by molar-refractivity contribution is 7.99. The highest BCUT2D eigenvalue weighted by Crippen LogP contribution is 2.23. The van der Waals surface area contributed by atoms with Crippen molar-refractivity contribution in [2.45, 2.75) is 11.9 Å². The van der Waals surface area contributed by atoms with Crippen molar-refractivity contribution in [3.8, 4) is 0 Å². The fourth-order valence-corrected chi connectivity index (χ4v) is 3.31. The molecule has 3 rings (SSSR count). The average molecular weight is 394 g/mol. The van der Waals surface area contributed by atoms with E-state index in [9.17, 15) is 14.4 Å². The van der Waals surface area contributed by atoms with Crippen LogP contribution in [0.4, 0.5) is 0 Å². The van der Waals surface area contributed by atoms with Gasteiger partial charge in [0.2, 0.25) is 0 Å². The van der Waals surface area contributed by atoms with Gasteiger partial charge < -0.3 is 4.74 Å². The Labute approximate surface area is 166 Å². The van der Waals surface area contributed by atoms with Gasteiger partial charge >= 0.3 is 5.97 Å². The number of benzene rings is 2. The summed E-state index contributed by atoms with van der Waals surface area (Å²) < 4.78 is 4.93. The van der Waals surface area contributed by atoms with E-state index in [0.29, 0.717) is 10.6 Å². The zero-order chi connectivity index (χ0) is 19.9. The Balaban J connectivity index is 1.47. The molecule has 0 saturated carbocycles. The van der Waals surface area contributed by atoms with Crippen molar-refractivity contribution < 1.29 is 19.1 Å². The molecule has 0 saturated heterocycles. The number of ether oxygens (including phenoxy) is 1. The number of aryl methyl sites for hydroxylation is 1. The van der Waals surface area contributed by atoms with Gasteiger partial charge in [0.25, 0.3) is 11.8 Å². The summed E-state index contributed by atoms with van der Waals surface area (Å²) in [6.45, 7) is 1.47. The lowest BCUT2D eigenvalue weighted by Gasteiger charge is -2.07. The third-order valence-electron chi connectivity index (χ3n) is 3.89. The Morgan fingerprint density at radius 2 is 1.75 bits per heavy atom. The molecule has 0 unspecified atom stereocenters. The van der Waals surface area contributed by atoms with Gasteiger partial charge in [-0.05, 0) is 36.8 Å². The monoisotopic (exact) mass is 394 g/mol. The van der Waals surface area contributed by atoms with Crippen molar-refractivity contribution in [3.05, 3.63) is 71.8 Å². The Kier molecular flexibility index (Phi) is 6.39. The fraction of sp³-hybridized carbons (Fsp3) is 0.143. The summed E-state index contributed by atoms with van der Waals surface area (Å²) in [7, 11) is 0. The normalized spacial score (nSPS) is 10.5. The molecule has 142 valence electrons. The number of imide groups is 1. The van der Waals surface area contributed by atoms with E-state index in [1.807, 2.05) is 37.3 Å². The first kappa shape index (κ1) is 19.6. The highest BCUT2D eigenvalue weighted by Gasteiger charge is 2.13. The number of thioether (sulfide) groups is 1. The van der Waals surface area contributed by atoms with E-state index in [1.165, 1.54) is 11.8 Å². The second kappa shape index (κ2) is 9.14. The van der Waals surface area contributed by atoms with Crippen LogP contribution in [0.1, 0.15) is 15.9 Å². The number of amides is 2. The maximum absolute atomic E-state index is 11.9. The van der Waals surface area contributed by atoms with Gasteiger partial charge in [-0.3, -0.25) is 19.7 Å². The lowest BCUT2D eigenvalue weighted by Crippen LogP contribution is -2.34. The van der Waals surface area contributed by atoms with Gasteiger partial charge in [0.05, 0.1) is 16.3 Å². The first-order valence-corrected chi connectivity index (χ1v) is 9.55. The van der Waals surface area contributed by atoms with Crippen molar-refractivity contribution in [3.63, 3.8) is 0 Å². The van der Waals surface area contributed by atoms with Crippen LogP contribution in [0.15, 0.2) is 65.7 Å². The summed E-state index contributed by atoms with van der Waals surface area (Å²) in [5.74, 6) is -1.75. The van der Waals surface area contributed by atoms with Crippen LogP contribution in [0.3, 0.4) is 0 Å². The number of nitrogens with zero attached hydrogens (tertiary/aromatic N) is 1. The number of aromatic nitrogens is 1. The Morgan fingerprint density at radius 1 is 1.04 bits per heavy atom. The van der Waals surface area contributed by atoms with Crippen LogP contribution >= 0.6 is 11.8 Å². The Bertz CT molecular complexity index is 1020. The van der Waals surface area contributed by atoms with Crippen molar-refractivity contribution in [2.24, 2.45) is 0 Å². The molecule has 0 aliphatic carbocycles. The number of hydrogen-bond acceptors (Lipinski definition) is 6. The standard InChI is InChI=1S/C21H18N2O4S/c1-14-11-19(22-17-10-6-5-9-16(14)17)28-13-20(25)27-12-18(24)23-21(26)15-7-3-2-4-8-15/h2-11H,12-13H2,1H3,(H,23,24,26).